The molecule has 0 radical (unpaired) electrons. The van der Waals surface area contributed by atoms with Crippen LogP contribution in [0.25, 0.3) is 11.1 Å². The molecule has 9 unspecified atom stereocenters. The predicted octanol–water partition coefficient (Wildman–Crippen LogP) is 21.5. The molecule has 0 aliphatic heterocycles. The van der Waals surface area contributed by atoms with Crippen LogP contribution in [0, 0.1) is 35.0 Å². The quantitative estimate of drug-likeness (QED) is 0.0592. The molecule has 8 aromatic carbocycles. The summed E-state index contributed by atoms with van der Waals surface area (Å²) in [6.07, 6.45) is 19.2. The van der Waals surface area contributed by atoms with Gasteiger partial charge in [0, 0.05) is 5.41 Å². The fourth-order valence-electron chi connectivity index (χ4n) is 19.7. The third-order valence-corrected chi connectivity index (χ3v) is 25.7. The van der Waals surface area contributed by atoms with Gasteiger partial charge >= 0.3 is 24.2 Å². The zero-order valence-corrected chi connectivity index (χ0v) is 66.5. The van der Waals surface area contributed by atoms with Crippen molar-refractivity contribution in [3.63, 3.8) is 0 Å². The second kappa shape index (κ2) is 36.2. The van der Waals surface area contributed by atoms with Crippen LogP contribution in [0.3, 0.4) is 0 Å². The molecule has 14 rings (SSSR count). The van der Waals surface area contributed by atoms with E-state index in [9.17, 15) is 30.0 Å². The maximum Gasteiger partial charge on any atom is 0.373 e. The molecule has 6 aliphatic rings. The van der Waals surface area contributed by atoms with Gasteiger partial charge in [0.1, 0.15) is 34.5 Å². The fourth-order valence-corrected chi connectivity index (χ4v) is 19.7. The van der Waals surface area contributed by atoms with Crippen molar-refractivity contribution in [1.29, 1.82) is 0 Å². The first-order valence-electron chi connectivity index (χ1n) is 39.1. The van der Waals surface area contributed by atoms with E-state index in [0.717, 1.165) is 90.5 Å². The monoisotopic (exact) mass is 1480 g/mol. The molecule has 0 spiro atoms. The van der Waals surface area contributed by atoms with Crippen molar-refractivity contribution in [2.24, 2.45) is 35.0 Å². The molecule has 6 aliphatic carbocycles. The summed E-state index contributed by atoms with van der Waals surface area (Å²) in [7, 11) is 0. The number of fused-ring (bicyclic) bond motifs is 9. The molecule has 580 valence electrons. The van der Waals surface area contributed by atoms with Gasteiger partial charge in [0.25, 0.3) is 0 Å². The molecule has 8 N–H and O–H groups in total. The molecular weight excluding hydrogens is 1370 g/mol. The Kier molecular flexibility index (Phi) is 28.2. The summed E-state index contributed by atoms with van der Waals surface area (Å²) in [5.41, 5.74) is 20.4. The lowest BCUT2D eigenvalue weighted by Crippen LogP contribution is -2.52. The number of carbonyl (C=O) groups excluding carboxylic acids is 4. The fraction of sp³-hybridized carbons (Fsp3) is 0.453. The number of phenols is 6. The Balaban J connectivity index is 0.000000187. The van der Waals surface area contributed by atoms with Crippen LogP contribution in [-0.4, -0.2) is 65.1 Å². The molecule has 3 saturated carbocycles. The Hall–Kier alpha value is -9.74. The van der Waals surface area contributed by atoms with Gasteiger partial charge in [0.15, 0.2) is 0 Å². The first-order valence-corrected chi connectivity index (χ1v) is 39.1. The van der Waals surface area contributed by atoms with E-state index in [1.807, 2.05) is 61.5 Å². The van der Waals surface area contributed by atoms with Gasteiger partial charge in [0.05, 0.1) is 11.0 Å². The molecule has 0 amide bonds. The third kappa shape index (κ3) is 19.3. The van der Waals surface area contributed by atoms with E-state index >= 15 is 0 Å². The summed E-state index contributed by atoms with van der Waals surface area (Å²) in [5, 5.41) is 74.1. The summed E-state index contributed by atoms with van der Waals surface area (Å²) in [5.74, 6) is 4.53. The minimum Gasteiger partial charge on any atom is -0.508 e. The number of aromatic carboxylic acids is 1. The zero-order chi connectivity index (χ0) is 80.1. The van der Waals surface area contributed by atoms with Gasteiger partial charge in [-0.2, -0.15) is 19.2 Å². The largest absolute Gasteiger partial charge is 0.508 e. The minimum atomic E-state index is -0.777. The van der Waals surface area contributed by atoms with Gasteiger partial charge in [-0.3, -0.25) is 4.79 Å². The summed E-state index contributed by atoms with van der Waals surface area (Å²) in [6.45, 7) is 32.2. The second-order valence-corrected chi connectivity index (χ2v) is 33.9. The molecular formula is C95H116O14. The predicted molar refractivity (Wildman–Crippen MR) is 428 cm³/mol. The lowest BCUT2D eigenvalue weighted by molar-refractivity contribution is -0.193. The van der Waals surface area contributed by atoms with Gasteiger partial charge in [-0.15, -0.1) is 0 Å². The lowest BCUT2D eigenvalue weighted by Gasteiger charge is -2.54. The highest BCUT2D eigenvalue weighted by atomic mass is 16.4. The maximum absolute atomic E-state index is 12.6. The van der Waals surface area contributed by atoms with Crippen LogP contribution in [0.1, 0.15) is 274 Å². The van der Waals surface area contributed by atoms with Crippen LogP contribution in [0.15, 0.2) is 158 Å². The number of aliphatic carboxylic acids is 1. The van der Waals surface area contributed by atoms with Gasteiger partial charge in [0.2, 0.25) is 0 Å². The molecule has 14 nitrogen and oxygen atoms in total. The van der Waals surface area contributed by atoms with E-state index in [1.165, 1.54) is 127 Å². The van der Waals surface area contributed by atoms with Crippen molar-refractivity contribution < 1.29 is 69.6 Å². The van der Waals surface area contributed by atoms with Crippen molar-refractivity contribution >= 4 is 24.2 Å². The first-order chi connectivity index (χ1) is 51.5. The highest BCUT2D eigenvalue weighted by Gasteiger charge is 2.56. The van der Waals surface area contributed by atoms with E-state index in [0.29, 0.717) is 28.7 Å². The van der Waals surface area contributed by atoms with Crippen LogP contribution in [-0.2, 0) is 71.3 Å². The second-order valence-electron chi connectivity index (χ2n) is 33.9. The molecule has 14 heteroatoms. The number of benzene rings is 8. The first kappa shape index (κ1) is 84.9. The van der Waals surface area contributed by atoms with E-state index in [2.05, 4.69) is 120 Å². The molecule has 109 heavy (non-hydrogen) atoms. The van der Waals surface area contributed by atoms with Crippen molar-refractivity contribution in [3.05, 3.63) is 236 Å². The van der Waals surface area contributed by atoms with E-state index < -0.39 is 17.4 Å². The van der Waals surface area contributed by atoms with Crippen LogP contribution in [0.4, 0.5) is 0 Å². The molecule has 0 bridgehead atoms. The topological polar surface area (TPSA) is 264 Å². The summed E-state index contributed by atoms with van der Waals surface area (Å²) in [4.78, 5) is 56.8. The lowest BCUT2D eigenvalue weighted by atomic mass is 9.49. The van der Waals surface area contributed by atoms with Gasteiger partial charge in [-0.25, -0.2) is 4.79 Å². The number of rotatable bonds is 10. The zero-order valence-electron chi connectivity index (χ0n) is 66.5. The molecule has 9 atom stereocenters. The Morgan fingerprint density at radius 1 is 0.422 bits per heavy atom. The molecule has 0 heterocycles. The van der Waals surface area contributed by atoms with Crippen LogP contribution in [0.2, 0.25) is 0 Å². The molecule has 0 aromatic heterocycles. The van der Waals surface area contributed by atoms with Crippen molar-refractivity contribution in [3.8, 4) is 45.6 Å². The van der Waals surface area contributed by atoms with Gasteiger partial charge in [-0.1, -0.05) is 201 Å². The third-order valence-electron chi connectivity index (χ3n) is 25.7. The number of carboxylic acids is 2. The van der Waals surface area contributed by atoms with Crippen LogP contribution >= 0.6 is 0 Å². The average Bonchev–Trinajstić information content (AvgIpc) is 0.718. The molecule has 0 saturated heterocycles. The molecule has 8 aromatic rings. The summed E-state index contributed by atoms with van der Waals surface area (Å²) < 4.78 is 0. The van der Waals surface area contributed by atoms with E-state index in [1.54, 1.807) is 59.7 Å². The van der Waals surface area contributed by atoms with Crippen LogP contribution < -0.4 is 0 Å². The van der Waals surface area contributed by atoms with Gasteiger partial charge < -0.3 is 40.9 Å². The Bertz CT molecular complexity index is 4340. The number of aromatic hydroxyl groups is 6. The highest BCUT2D eigenvalue weighted by Crippen LogP contribution is 2.59. The summed E-state index contributed by atoms with van der Waals surface area (Å²) >= 11 is 0. The number of hydrogen-bond acceptors (Lipinski definition) is 12. The Morgan fingerprint density at radius 3 is 1.08 bits per heavy atom. The van der Waals surface area contributed by atoms with E-state index in [-0.39, 0.29) is 74.9 Å². The Morgan fingerprint density at radius 2 is 0.734 bits per heavy atom. The average molecular weight is 1480 g/mol. The molecule has 3 fully saturated rings. The number of hydrogen-bond donors (Lipinski definition) is 8. The minimum absolute atomic E-state index is 0.0705. The van der Waals surface area contributed by atoms with Crippen molar-refractivity contribution in [2.75, 3.05) is 0 Å². The number of phenolic OH excluding ortho intramolecular Hbond substituents is 6. The number of carboxylic acid groups (broad SMARTS) is 2. The number of carbonyl (C=O) groups is 2. The smallest absolute Gasteiger partial charge is 0.373 e. The van der Waals surface area contributed by atoms with E-state index in [4.69, 9.17) is 39.6 Å². The Labute approximate surface area is 645 Å². The van der Waals surface area contributed by atoms with Crippen molar-refractivity contribution in [1.82, 2.24) is 0 Å². The van der Waals surface area contributed by atoms with Crippen LogP contribution in [0.5, 0.6) is 34.5 Å². The van der Waals surface area contributed by atoms with Gasteiger partial charge in [-0.05, 0) is 303 Å². The SMILES string of the molecule is CC(C)(c1ccc(O)cc1)c1ccc(O)cc1.CC(C)c1cc2c(cc1C(=O)O)C1(C)CCCC(C)C1CC2.CC(C)c1cc2c(cc1Cc1cc3c(cc1C(C)C)CCC1C(C)(C(=O)O)CCCC31C)C1(C)CCCC(C)C1CC2.O=C=O.O=C=O.Oc1ccc(-c2ccc(O)cc2)cc1.Oc1ccc(O)cc1. The highest BCUT2D eigenvalue weighted by molar-refractivity contribution is 5.90. The van der Waals surface area contributed by atoms with Crippen molar-refractivity contribution in [2.45, 2.75) is 239 Å². The standard InChI is InChI=1S/C40H56O2.C20H28O2.C15H16O2.C12H10O2.C6H6O2.2CO2/c1-24(2)31-20-27-12-14-33-26(5)11-9-16-38(33,6)34(27)22-29(31)19-30-23-35-28(21-32(30)25(3)4)13-15-36-39(35,7)17-10-18-40(36,8)37(41)42;1-12(2)15-10-14-7-8-17-13(3)6-5-9-20(17,4)18(14)11-16(15)19(21)22;1-15(2,11-3-7-13(16)8-4-11)12-5-9-14(17)10-6-12;13-11-5-1-9(2-6-11)10-3-7-12(14)8-4-10;7-5-1-2-6(8)4-3-5;2*2-1-3/h20-26,33,36H,9-19H2,1-8H3,(H,41,42);10-13,17H,5-9H2,1-4H3,(H,21,22);3-10,16-17H,1-2H3;1-8,13-14H;1-4,7-8H;;. The number of aryl methyl sites for hydroxylation is 3. The summed E-state index contributed by atoms with van der Waals surface area (Å²) in [6, 6.07) is 48.7. The normalized spacial score (nSPS) is 23.2. The maximum atomic E-state index is 12.6.